The van der Waals surface area contributed by atoms with Crippen LogP contribution >= 0.6 is 24.0 Å². The van der Waals surface area contributed by atoms with Gasteiger partial charge in [0.1, 0.15) is 0 Å². The maximum atomic E-state index is 12.2. The first-order valence-electron chi connectivity index (χ1n) is 9.04. The van der Waals surface area contributed by atoms with E-state index in [0.29, 0.717) is 6.04 Å². The van der Waals surface area contributed by atoms with E-state index in [1.54, 1.807) is 4.90 Å². The van der Waals surface area contributed by atoms with Crippen LogP contribution in [0.4, 0.5) is 0 Å². The van der Waals surface area contributed by atoms with Crippen molar-refractivity contribution in [2.45, 2.75) is 57.0 Å². The Balaban J connectivity index is 0.00000288. The highest BCUT2D eigenvalue weighted by molar-refractivity contribution is 14.0. The maximum absolute atomic E-state index is 12.2. The number of aliphatic imine (C=N–C) groups is 1. The Bertz CT molecular complexity index is 410. The average Bonchev–Trinajstić information content (AvgIpc) is 3.20. The number of carbonyl (C=O) groups excluding carboxylic acids is 1. The number of guanidine groups is 1. The minimum absolute atomic E-state index is 0. The second-order valence-electron chi connectivity index (χ2n) is 6.90. The fourth-order valence-electron chi connectivity index (χ4n) is 3.62. The second-order valence-corrected chi connectivity index (χ2v) is 6.90. The molecule has 1 heterocycles. The molecular formula is C17H34IN5O. The molecule has 1 atom stereocenters. The average molecular weight is 451 g/mol. The van der Waals surface area contributed by atoms with Crippen molar-refractivity contribution in [1.29, 1.82) is 0 Å². The van der Waals surface area contributed by atoms with Crippen molar-refractivity contribution >= 4 is 35.8 Å². The fraction of sp³-hybridized carbons (Fsp3) is 0.882. The molecule has 2 fully saturated rings. The van der Waals surface area contributed by atoms with Crippen molar-refractivity contribution < 1.29 is 4.79 Å². The van der Waals surface area contributed by atoms with Crippen LogP contribution in [0, 0.1) is 0 Å². The zero-order valence-corrected chi connectivity index (χ0v) is 17.7. The van der Waals surface area contributed by atoms with E-state index in [1.807, 2.05) is 21.1 Å². The lowest BCUT2D eigenvalue weighted by molar-refractivity contribution is -0.133. The molecule has 1 saturated heterocycles. The van der Waals surface area contributed by atoms with E-state index in [1.165, 1.54) is 25.7 Å². The Labute approximate surface area is 163 Å². The van der Waals surface area contributed by atoms with Gasteiger partial charge >= 0.3 is 0 Å². The molecule has 140 valence electrons. The van der Waals surface area contributed by atoms with Crippen LogP contribution in [-0.4, -0.2) is 74.5 Å². The van der Waals surface area contributed by atoms with E-state index in [9.17, 15) is 4.79 Å². The third kappa shape index (κ3) is 6.38. The van der Waals surface area contributed by atoms with Gasteiger partial charge in [0.25, 0.3) is 0 Å². The van der Waals surface area contributed by atoms with Crippen molar-refractivity contribution in [2.75, 3.05) is 40.8 Å². The molecule has 1 saturated carbocycles. The van der Waals surface area contributed by atoms with Gasteiger partial charge in [0, 0.05) is 40.3 Å². The van der Waals surface area contributed by atoms with E-state index in [0.717, 1.165) is 44.9 Å². The molecule has 24 heavy (non-hydrogen) atoms. The molecule has 6 nitrogen and oxygen atoms in total. The van der Waals surface area contributed by atoms with Gasteiger partial charge in [-0.05, 0) is 38.6 Å². The van der Waals surface area contributed by atoms with Crippen molar-refractivity contribution in [3.63, 3.8) is 0 Å². The molecule has 0 radical (unpaired) electrons. The van der Waals surface area contributed by atoms with E-state index in [-0.39, 0.29) is 35.9 Å². The predicted octanol–water partition coefficient (Wildman–Crippen LogP) is 1.65. The summed E-state index contributed by atoms with van der Waals surface area (Å²) < 4.78 is 0. The van der Waals surface area contributed by atoms with Crippen LogP contribution in [0.2, 0.25) is 0 Å². The molecule has 1 aliphatic carbocycles. The van der Waals surface area contributed by atoms with Crippen molar-refractivity contribution in [2.24, 2.45) is 4.99 Å². The monoisotopic (exact) mass is 451 g/mol. The number of hydrogen-bond acceptors (Lipinski definition) is 3. The topological polar surface area (TPSA) is 60.0 Å². The number of halogens is 1. The van der Waals surface area contributed by atoms with Gasteiger partial charge in [-0.25, -0.2) is 0 Å². The van der Waals surface area contributed by atoms with Crippen LogP contribution in [0.25, 0.3) is 0 Å². The van der Waals surface area contributed by atoms with Gasteiger partial charge in [0.05, 0.1) is 6.04 Å². The molecule has 7 heteroatoms. The summed E-state index contributed by atoms with van der Waals surface area (Å²) in [4.78, 5) is 20.5. The van der Waals surface area contributed by atoms with Crippen LogP contribution in [0.1, 0.15) is 44.9 Å². The van der Waals surface area contributed by atoms with Crippen LogP contribution < -0.4 is 10.6 Å². The number of likely N-dealkylation sites (N-methyl/N-ethyl adjacent to an activating group) is 1. The smallest absolute Gasteiger partial charge is 0.239 e. The lowest BCUT2D eigenvalue weighted by Gasteiger charge is -2.26. The van der Waals surface area contributed by atoms with Crippen LogP contribution in [0.5, 0.6) is 0 Å². The number of carbonyl (C=O) groups is 1. The molecule has 2 rings (SSSR count). The maximum Gasteiger partial charge on any atom is 0.239 e. The molecule has 0 aromatic rings. The number of nitrogens with one attached hydrogen (secondary N) is 2. The van der Waals surface area contributed by atoms with Gasteiger partial charge in [-0.2, -0.15) is 0 Å². The molecule has 2 N–H and O–H groups in total. The van der Waals surface area contributed by atoms with Crippen molar-refractivity contribution in [3.8, 4) is 0 Å². The first-order valence-corrected chi connectivity index (χ1v) is 9.04. The summed E-state index contributed by atoms with van der Waals surface area (Å²) in [7, 11) is 5.52. The summed E-state index contributed by atoms with van der Waals surface area (Å²) in [5.74, 6) is 1.16. The number of nitrogens with zero attached hydrogens (tertiary/aromatic N) is 3. The van der Waals surface area contributed by atoms with Crippen molar-refractivity contribution in [3.05, 3.63) is 0 Å². The van der Waals surface area contributed by atoms with Gasteiger partial charge in [-0.3, -0.25) is 14.7 Å². The molecule has 0 bridgehead atoms. The van der Waals surface area contributed by atoms with Gasteiger partial charge in [0.2, 0.25) is 5.91 Å². The first kappa shape index (κ1) is 21.5. The SMILES string of the molecule is CN=C(NCCCN1CCCC1C(=O)N(C)C)NC1CCCC1.I. The summed E-state index contributed by atoms with van der Waals surface area (Å²) in [6.45, 7) is 2.91. The second kappa shape index (κ2) is 11.1. The number of rotatable bonds is 6. The van der Waals surface area contributed by atoms with E-state index in [4.69, 9.17) is 0 Å². The summed E-state index contributed by atoms with van der Waals surface area (Å²) in [6, 6.07) is 0.669. The Morgan fingerprint density at radius 1 is 1.21 bits per heavy atom. The molecule has 0 aromatic heterocycles. The summed E-state index contributed by atoms with van der Waals surface area (Å²) >= 11 is 0. The van der Waals surface area contributed by atoms with Crippen LogP contribution in [0.15, 0.2) is 4.99 Å². The Morgan fingerprint density at radius 3 is 2.54 bits per heavy atom. The Morgan fingerprint density at radius 2 is 1.92 bits per heavy atom. The Kier molecular flexibility index (Phi) is 9.95. The van der Waals surface area contributed by atoms with Gasteiger partial charge in [-0.15, -0.1) is 24.0 Å². The molecule has 1 aliphatic heterocycles. The third-order valence-electron chi connectivity index (χ3n) is 4.92. The fourth-order valence-corrected chi connectivity index (χ4v) is 3.62. The largest absolute Gasteiger partial charge is 0.356 e. The zero-order chi connectivity index (χ0) is 16.7. The molecule has 1 amide bonds. The zero-order valence-electron chi connectivity index (χ0n) is 15.4. The highest BCUT2D eigenvalue weighted by Crippen LogP contribution is 2.19. The standard InChI is InChI=1S/C17H33N5O.HI/c1-18-17(20-14-8-4-5-9-14)19-11-7-13-22-12-6-10-15(22)16(23)21(2)3;/h14-15H,4-13H2,1-3H3,(H2,18,19,20);1H. The molecule has 0 spiro atoms. The summed E-state index contributed by atoms with van der Waals surface area (Å²) in [5.41, 5.74) is 0. The Hall–Kier alpha value is -0.570. The number of likely N-dealkylation sites (tertiary alicyclic amines) is 1. The van der Waals surface area contributed by atoms with Crippen LogP contribution in [-0.2, 0) is 4.79 Å². The normalized spacial score (nSPS) is 22.3. The van der Waals surface area contributed by atoms with Crippen LogP contribution in [0.3, 0.4) is 0 Å². The molecule has 1 unspecified atom stereocenters. The highest BCUT2D eigenvalue weighted by Gasteiger charge is 2.30. The quantitative estimate of drug-likeness (QED) is 0.279. The van der Waals surface area contributed by atoms with E-state index < -0.39 is 0 Å². The highest BCUT2D eigenvalue weighted by atomic mass is 127. The number of hydrogen-bond donors (Lipinski definition) is 2. The summed E-state index contributed by atoms with van der Waals surface area (Å²) in [5, 5.41) is 6.90. The predicted molar refractivity (Wildman–Crippen MR) is 110 cm³/mol. The minimum Gasteiger partial charge on any atom is -0.356 e. The lowest BCUT2D eigenvalue weighted by atomic mass is 10.2. The van der Waals surface area contributed by atoms with Gasteiger partial charge in [-0.1, -0.05) is 12.8 Å². The van der Waals surface area contributed by atoms with Crippen molar-refractivity contribution in [1.82, 2.24) is 20.4 Å². The molecule has 2 aliphatic rings. The van der Waals surface area contributed by atoms with Gasteiger partial charge in [0.15, 0.2) is 5.96 Å². The molecule has 0 aromatic carbocycles. The first-order chi connectivity index (χ1) is 11.1. The minimum atomic E-state index is 0. The number of amides is 1. The van der Waals surface area contributed by atoms with E-state index >= 15 is 0 Å². The van der Waals surface area contributed by atoms with Gasteiger partial charge < -0.3 is 15.5 Å². The lowest BCUT2D eigenvalue weighted by Crippen LogP contribution is -2.45. The summed E-state index contributed by atoms with van der Waals surface area (Å²) in [6.07, 6.45) is 8.31. The third-order valence-corrected chi connectivity index (χ3v) is 4.92. The van der Waals surface area contributed by atoms with E-state index in [2.05, 4.69) is 20.5 Å². The molecular weight excluding hydrogens is 417 g/mol.